The van der Waals surface area contributed by atoms with Gasteiger partial charge in [-0.25, -0.2) is 9.88 Å². The minimum absolute atomic E-state index is 0.109. The summed E-state index contributed by atoms with van der Waals surface area (Å²) < 4.78 is 0. The highest BCUT2D eigenvalue weighted by Crippen LogP contribution is 2.32. The summed E-state index contributed by atoms with van der Waals surface area (Å²) in [6, 6.07) is 21.7. The summed E-state index contributed by atoms with van der Waals surface area (Å²) in [4.78, 5) is 74.6. The minimum atomic E-state index is -0.548. The predicted molar refractivity (Wildman–Crippen MR) is 150 cm³/mol. The molecule has 1 aromatic heterocycles. The highest BCUT2D eigenvalue weighted by molar-refractivity contribution is 6.35. The van der Waals surface area contributed by atoms with Crippen molar-refractivity contribution in [1.29, 1.82) is 0 Å². The summed E-state index contributed by atoms with van der Waals surface area (Å²) in [5.74, 6) is -1.71. The largest absolute Gasteiger partial charge is 0.338 e. The molecule has 0 fully saturated rings. The standard InChI is InChI=1S/C32H20N4O5/c1-16-3-5-17(6-4-16)28-33-25-12-9-20(15-26(25)34-28)36-31(40)22-11-8-19(14-24(22)32(36)41)27(37)18-7-10-21-23(13-18)30(39)35(2)29(21)38/h3-15H,1-2H3,(H,33,34). The van der Waals surface area contributed by atoms with Crippen molar-refractivity contribution in [2.75, 3.05) is 11.9 Å². The van der Waals surface area contributed by atoms with Crippen molar-refractivity contribution >= 4 is 46.1 Å². The number of aromatic amines is 1. The van der Waals surface area contributed by atoms with Gasteiger partial charge in [-0.15, -0.1) is 0 Å². The summed E-state index contributed by atoms with van der Waals surface area (Å²) in [6.07, 6.45) is 0. The smallest absolute Gasteiger partial charge is 0.266 e. The summed E-state index contributed by atoms with van der Waals surface area (Å²) in [5, 5.41) is 0. The molecule has 2 aliphatic heterocycles. The van der Waals surface area contributed by atoms with E-state index in [2.05, 4.69) is 9.97 Å². The van der Waals surface area contributed by atoms with Crippen LogP contribution in [0, 0.1) is 6.92 Å². The minimum Gasteiger partial charge on any atom is -0.338 e. The molecule has 7 rings (SSSR count). The SMILES string of the molecule is Cc1ccc(-c2nc3ccc(N4C(=O)c5ccc(C(=O)c6ccc7c(c6)C(=O)N(C)C7=O)cc5C4=O)cc3[nH]2)cc1. The Balaban J connectivity index is 1.20. The molecule has 0 saturated heterocycles. The van der Waals surface area contributed by atoms with E-state index >= 15 is 0 Å². The number of ketones is 1. The van der Waals surface area contributed by atoms with Crippen LogP contribution in [0.2, 0.25) is 0 Å². The van der Waals surface area contributed by atoms with E-state index in [9.17, 15) is 24.0 Å². The van der Waals surface area contributed by atoms with Crippen LogP contribution in [0.15, 0.2) is 78.9 Å². The molecule has 5 aromatic rings. The van der Waals surface area contributed by atoms with E-state index in [-0.39, 0.29) is 33.4 Å². The number of nitrogens with zero attached hydrogens (tertiary/aromatic N) is 3. The lowest BCUT2D eigenvalue weighted by Gasteiger charge is -2.13. The number of imidazole rings is 1. The van der Waals surface area contributed by atoms with E-state index in [0.717, 1.165) is 20.9 Å². The third kappa shape index (κ3) is 3.63. The fraction of sp³-hybridized carbons (Fsp3) is 0.0625. The Labute approximate surface area is 233 Å². The van der Waals surface area contributed by atoms with Crippen LogP contribution in [-0.4, -0.2) is 51.3 Å². The van der Waals surface area contributed by atoms with Crippen LogP contribution >= 0.6 is 0 Å². The summed E-state index contributed by atoms with van der Waals surface area (Å²) in [5.41, 5.74) is 4.85. The van der Waals surface area contributed by atoms with Gasteiger partial charge in [0, 0.05) is 23.7 Å². The number of aromatic nitrogens is 2. The lowest BCUT2D eigenvalue weighted by Crippen LogP contribution is -2.29. The number of aryl methyl sites for hydroxylation is 1. The van der Waals surface area contributed by atoms with Gasteiger partial charge in [-0.2, -0.15) is 0 Å². The van der Waals surface area contributed by atoms with Crippen molar-refractivity contribution in [3.8, 4) is 11.4 Å². The number of imide groups is 2. The number of H-pyrrole nitrogens is 1. The second kappa shape index (κ2) is 8.65. The molecule has 0 spiro atoms. The van der Waals surface area contributed by atoms with E-state index in [0.29, 0.717) is 22.5 Å². The molecule has 0 aliphatic carbocycles. The van der Waals surface area contributed by atoms with Gasteiger partial charge >= 0.3 is 0 Å². The first-order chi connectivity index (χ1) is 19.7. The topological polar surface area (TPSA) is 121 Å². The van der Waals surface area contributed by atoms with Gasteiger partial charge in [-0.05, 0) is 49.4 Å². The maximum atomic E-state index is 13.5. The van der Waals surface area contributed by atoms with Crippen LogP contribution in [0.5, 0.6) is 0 Å². The van der Waals surface area contributed by atoms with Crippen LogP contribution in [-0.2, 0) is 0 Å². The van der Waals surface area contributed by atoms with Crippen LogP contribution < -0.4 is 4.90 Å². The first kappa shape index (κ1) is 24.3. The van der Waals surface area contributed by atoms with Crippen LogP contribution in [0.4, 0.5) is 5.69 Å². The maximum Gasteiger partial charge on any atom is 0.266 e. The zero-order valence-corrected chi connectivity index (χ0v) is 21.9. The highest BCUT2D eigenvalue weighted by atomic mass is 16.2. The molecule has 41 heavy (non-hydrogen) atoms. The number of anilines is 1. The Hall–Kier alpha value is -5.70. The molecule has 0 radical (unpaired) electrons. The number of carbonyl (C=O) groups excluding carboxylic acids is 5. The molecule has 198 valence electrons. The lowest BCUT2D eigenvalue weighted by molar-refractivity contribution is 0.0692. The third-order valence-electron chi connectivity index (χ3n) is 7.55. The monoisotopic (exact) mass is 540 g/mol. The summed E-state index contributed by atoms with van der Waals surface area (Å²) >= 11 is 0. The first-order valence-electron chi connectivity index (χ1n) is 12.8. The average molecular weight is 541 g/mol. The molecule has 4 aromatic carbocycles. The van der Waals surface area contributed by atoms with Crippen molar-refractivity contribution in [3.05, 3.63) is 118 Å². The Morgan fingerprint density at radius 2 is 1.27 bits per heavy atom. The number of hydrogen-bond donors (Lipinski definition) is 1. The summed E-state index contributed by atoms with van der Waals surface area (Å²) in [6.45, 7) is 2.01. The van der Waals surface area contributed by atoms with Gasteiger partial charge < -0.3 is 4.98 Å². The zero-order chi connectivity index (χ0) is 28.6. The van der Waals surface area contributed by atoms with E-state index in [1.54, 1.807) is 18.2 Å². The molecule has 9 heteroatoms. The normalized spacial score (nSPS) is 14.3. The van der Waals surface area contributed by atoms with Crippen LogP contribution in [0.1, 0.15) is 62.9 Å². The molecule has 0 unspecified atom stereocenters. The van der Waals surface area contributed by atoms with Crippen LogP contribution in [0.25, 0.3) is 22.4 Å². The van der Waals surface area contributed by atoms with Crippen molar-refractivity contribution in [2.24, 2.45) is 0 Å². The lowest BCUT2D eigenvalue weighted by atomic mass is 9.96. The Morgan fingerprint density at radius 1 is 0.683 bits per heavy atom. The van der Waals surface area contributed by atoms with Crippen molar-refractivity contribution < 1.29 is 24.0 Å². The fourth-order valence-corrected chi connectivity index (χ4v) is 5.27. The Morgan fingerprint density at radius 3 is 1.95 bits per heavy atom. The molecule has 1 N–H and O–H groups in total. The van der Waals surface area contributed by atoms with Gasteiger partial charge in [0.05, 0.1) is 39.0 Å². The van der Waals surface area contributed by atoms with Gasteiger partial charge in [-0.3, -0.25) is 28.9 Å². The number of amides is 4. The first-order valence-corrected chi connectivity index (χ1v) is 12.8. The van der Waals surface area contributed by atoms with E-state index in [1.807, 2.05) is 31.2 Å². The van der Waals surface area contributed by atoms with E-state index < -0.39 is 29.4 Å². The zero-order valence-electron chi connectivity index (χ0n) is 21.9. The molecule has 2 aliphatic rings. The molecule has 4 amide bonds. The predicted octanol–water partition coefficient (Wildman–Crippen LogP) is 4.80. The Kier molecular flexibility index (Phi) is 5.14. The number of carbonyl (C=O) groups is 5. The second-order valence-electron chi connectivity index (χ2n) is 10.1. The van der Waals surface area contributed by atoms with Gasteiger partial charge in [0.15, 0.2) is 5.78 Å². The van der Waals surface area contributed by atoms with Gasteiger partial charge in [0.25, 0.3) is 23.6 Å². The van der Waals surface area contributed by atoms with Crippen molar-refractivity contribution in [1.82, 2.24) is 14.9 Å². The van der Waals surface area contributed by atoms with Gasteiger partial charge in [-0.1, -0.05) is 42.0 Å². The molecule has 9 nitrogen and oxygen atoms in total. The van der Waals surface area contributed by atoms with E-state index in [1.165, 1.54) is 43.4 Å². The van der Waals surface area contributed by atoms with E-state index in [4.69, 9.17) is 0 Å². The number of fused-ring (bicyclic) bond motifs is 3. The Bertz CT molecular complexity index is 2020. The second-order valence-corrected chi connectivity index (χ2v) is 10.1. The molecular formula is C32H20N4O5. The maximum absolute atomic E-state index is 13.5. The number of nitrogens with one attached hydrogen (secondary N) is 1. The quantitative estimate of drug-likeness (QED) is 0.258. The molecular weight excluding hydrogens is 520 g/mol. The average Bonchev–Trinajstić information content (AvgIpc) is 3.59. The molecule has 3 heterocycles. The third-order valence-corrected chi connectivity index (χ3v) is 7.55. The van der Waals surface area contributed by atoms with Gasteiger partial charge in [0.2, 0.25) is 0 Å². The van der Waals surface area contributed by atoms with Crippen LogP contribution in [0.3, 0.4) is 0 Å². The van der Waals surface area contributed by atoms with Gasteiger partial charge in [0.1, 0.15) is 5.82 Å². The molecule has 0 atom stereocenters. The van der Waals surface area contributed by atoms with Crippen molar-refractivity contribution in [2.45, 2.75) is 6.92 Å². The fourth-order valence-electron chi connectivity index (χ4n) is 5.27. The number of hydrogen-bond acceptors (Lipinski definition) is 6. The highest BCUT2D eigenvalue weighted by Gasteiger charge is 2.38. The number of rotatable bonds is 4. The summed E-state index contributed by atoms with van der Waals surface area (Å²) in [7, 11) is 1.38. The number of benzene rings is 4. The van der Waals surface area contributed by atoms with Crippen molar-refractivity contribution in [3.63, 3.8) is 0 Å². The molecule has 0 bridgehead atoms. The molecule has 0 saturated carbocycles.